The van der Waals surface area contributed by atoms with Crippen LogP contribution in [0.15, 0.2) is 0 Å². The maximum atomic E-state index is 12.3. The number of fused-ring (bicyclic) bond motifs is 4. The van der Waals surface area contributed by atoms with Crippen LogP contribution in [0, 0.1) is 46.3 Å². The van der Waals surface area contributed by atoms with Crippen molar-refractivity contribution < 1.29 is 9.53 Å². The highest BCUT2D eigenvalue weighted by Crippen LogP contribution is 2.73. The van der Waals surface area contributed by atoms with Crippen LogP contribution in [0.3, 0.4) is 0 Å². The van der Waals surface area contributed by atoms with Gasteiger partial charge in [-0.1, -0.05) is 53.9 Å². The van der Waals surface area contributed by atoms with Crippen LogP contribution in [-0.2, 0) is 9.53 Å². The van der Waals surface area contributed by atoms with E-state index in [1.807, 2.05) is 0 Å². The van der Waals surface area contributed by atoms with Crippen molar-refractivity contribution in [2.24, 2.45) is 46.3 Å². The van der Waals surface area contributed by atoms with Crippen LogP contribution in [0.4, 0.5) is 0 Å². The Morgan fingerprint density at radius 3 is 2.52 bits per heavy atom. The molecule has 1 saturated heterocycles. The second-order valence-corrected chi connectivity index (χ2v) is 12.7. The van der Waals surface area contributed by atoms with Crippen LogP contribution in [0.5, 0.6) is 0 Å². The average molecular weight is 401 g/mol. The fraction of sp³-hybridized carbons (Fsp3) is 0.963. The lowest BCUT2D eigenvalue weighted by molar-refractivity contribution is -0.132. The number of ether oxygens (including phenoxy) is 1. The Morgan fingerprint density at radius 2 is 1.76 bits per heavy atom. The van der Waals surface area contributed by atoms with E-state index in [9.17, 15) is 4.79 Å². The summed E-state index contributed by atoms with van der Waals surface area (Å²) in [5.74, 6) is 5.66. The molecule has 164 valence electrons. The van der Waals surface area contributed by atoms with E-state index in [2.05, 4.69) is 34.6 Å². The molecule has 1 aliphatic heterocycles. The van der Waals surface area contributed by atoms with Crippen LogP contribution in [0.25, 0.3) is 0 Å². The number of carbonyl (C=O) groups excluding carboxylic acids is 1. The maximum Gasteiger partial charge on any atom is 0.164 e. The topological polar surface area (TPSA) is 29.6 Å². The van der Waals surface area contributed by atoms with Crippen LogP contribution < -0.4 is 0 Å². The van der Waals surface area contributed by atoms with Crippen LogP contribution in [-0.4, -0.2) is 17.5 Å². The van der Waals surface area contributed by atoms with Crippen molar-refractivity contribution in [3.63, 3.8) is 0 Å². The zero-order chi connectivity index (χ0) is 20.6. The van der Waals surface area contributed by atoms with E-state index in [0.717, 1.165) is 54.8 Å². The van der Waals surface area contributed by atoms with E-state index in [0.29, 0.717) is 11.2 Å². The SMILES string of the molecule is CC(C)CCC[C@@H](C)[C@H]1CC[C@H]2[C@@H]3CC[C@]45O[C@H]4C(=O)CC[C@]5(C)[C@H]3CC[C@]12C. The molecule has 0 aromatic carbocycles. The zero-order valence-corrected chi connectivity index (χ0v) is 19.6. The van der Waals surface area contributed by atoms with Crippen molar-refractivity contribution >= 4 is 5.78 Å². The summed E-state index contributed by atoms with van der Waals surface area (Å²) in [7, 11) is 0. The summed E-state index contributed by atoms with van der Waals surface area (Å²) in [5.41, 5.74) is 0.768. The summed E-state index contributed by atoms with van der Waals surface area (Å²) in [6.07, 6.45) is 14.3. The van der Waals surface area contributed by atoms with Gasteiger partial charge >= 0.3 is 0 Å². The van der Waals surface area contributed by atoms with Gasteiger partial charge in [0, 0.05) is 11.8 Å². The summed E-state index contributed by atoms with van der Waals surface area (Å²) >= 11 is 0. The second kappa shape index (κ2) is 6.81. The number of Topliss-reactive ketones (excluding diaryl/α,β-unsaturated/α-hetero) is 1. The molecule has 2 nitrogen and oxygen atoms in total. The standard InChI is InChI=1S/C27H44O2/c1-17(2)7-6-8-18(3)20-9-10-21-19-11-16-27-24(29-27)23(28)13-15-26(27,5)22(19)12-14-25(20,21)4/h17-22,24H,6-16H2,1-5H3/t18-,19+,20-,21+,22+,24+,25-,26-,27+/m1/s1. The second-order valence-electron chi connectivity index (χ2n) is 12.7. The Hall–Kier alpha value is -0.370. The Balaban J connectivity index is 1.32. The predicted molar refractivity (Wildman–Crippen MR) is 118 cm³/mol. The van der Waals surface area contributed by atoms with E-state index in [1.54, 1.807) is 0 Å². The number of hydrogen-bond acceptors (Lipinski definition) is 2. The van der Waals surface area contributed by atoms with Crippen molar-refractivity contribution in [3.05, 3.63) is 0 Å². The van der Waals surface area contributed by atoms with Gasteiger partial charge in [0.05, 0.1) is 0 Å². The highest BCUT2D eigenvalue weighted by atomic mass is 16.6. The number of hydrogen-bond donors (Lipinski definition) is 0. The molecule has 5 aliphatic rings. The van der Waals surface area contributed by atoms with Gasteiger partial charge in [-0.05, 0) is 85.9 Å². The van der Waals surface area contributed by atoms with Gasteiger partial charge in [-0.3, -0.25) is 4.79 Å². The minimum atomic E-state index is -0.0562. The molecule has 2 heteroatoms. The van der Waals surface area contributed by atoms with Crippen LogP contribution in [0.2, 0.25) is 0 Å². The molecule has 0 aromatic heterocycles. The summed E-state index contributed by atoms with van der Waals surface area (Å²) in [6.45, 7) is 12.5. The summed E-state index contributed by atoms with van der Waals surface area (Å²) < 4.78 is 6.24. The zero-order valence-electron chi connectivity index (χ0n) is 19.6. The van der Waals surface area contributed by atoms with Gasteiger partial charge in [0.2, 0.25) is 0 Å². The van der Waals surface area contributed by atoms with Crippen LogP contribution in [0.1, 0.15) is 105 Å². The van der Waals surface area contributed by atoms with E-state index in [1.165, 1.54) is 51.4 Å². The van der Waals surface area contributed by atoms with Crippen molar-refractivity contribution in [2.75, 3.05) is 0 Å². The predicted octanol–water partition coefficient (Wildman–Crippen LogP) is 6.81. The number of ketones is 1. The van der Waals surface area contributed by atoms with Crippen molar-refractivity contribution in [1.82, 2.24) is 0 Å². The maximum absolute atomic E-state index is 12.3. The summed E-state index contributed by atoms with van der Waals surface area (Å²) in [6, 6.07) is 0. The molecular weight excluding hydrogens is 356 g/mol. The molecule has 0 amide bonds. The van der Waals surface area contributed by atoms with Gasteiger partial charge in [0.15, 0.2) is 5.78 Å². The van der Waals surface area contributed by atoms with Crippen molar-refractivity contribution in [1.29, 1.82) is 0 Å². The van der Waals surface area contributed by atoms with Crippen molar-refractivity contribution in [2.45, 2.75) is 117 Å². The highest BCUT2D eigenvalue weighted by molar-refractivity contribution is 5.88. The van der Waals surface area contributed by atoms with Gasteiger partial charge in [0.1, 0.15) is 11.7 Å². The molecule has 5 fully saturated rings. The first kappa shape index (κ1) is 20.5. The average Bonchev–Trinajstić information content (AvgIpc) is 3.31. The first-order chi connectivity index (χ1) is 13.7. The molecule has 0 aromatic rings. The first-order valence-corrected chi connectivity index (χ1v) is 12.9. The molecule has 1 spiro atoms. The minimum absolute atomic E-state index is 0.0344. The molecule has 4 aliphatic carbocycles. The van der Waals surface area contributed by atoms with Gasteiger partial charge in [-0.15, -0.1) is 0 Å². The lowest BCUT2D eigenvalue weighted by Gasteiger charge is -2.59. The summed E-state index contributed by atoms with van der Waals surface area (Å²) in [4.78, 5) is 12.3. The number of rotatable bonds is 5. The largest absolute Gasteiger partial charge is 0.357 e. The van der Waals surface area contributed by atoms with E-state index in [4.69, 9.17) is 4.74 Å². The summed E-state index contributed by atoms with van der Waals surface area (Å²) in [5, 5.41) is 0. The monoisotopic (exact) mass is 400 g/mol. The third kappa shape index (κ3) is 2.79. The molecule has 29 heavy (non-hydrogen) atoms. The van der Waals surface area contributed by atoms with Gasteiger partial charge in [-0.2, -0.15) is 0 Å². The van der Waals surface area contributed by atoms with Gasteiger partial charge < -0.3 is 4.74 Å². The Bertz CT molecular complexity index is 669. The van der Waals surface area contributed by atoms with E-state index >= 15 is 0 Å². The number of carbonyl (C=O) groups is 1. The fourth-order valence-corrected chi connectivity index (χ4v) is 9.52. The third-order valence-corrected chi connectivity index (χ3v) is 11.2. The Kier molecular flexibility index (Phi) is 4.82. The molecule has 4 saturated carbocycles. The molecule has 0 bridgehead atoms. The lowest BCUT2D eigenvalue weighted by Crippen LogP contribution is -2.58. The quantitative estimate of drug-likeness (QED) is 0.474. The molecular formula is C27H44O2. The normalized spacial score (nSPS) is 51.8. The molecule has 5 rings (SSSR count). The molecule has 0 unspecified atom stereocenters. The minimum Gasteiger partial charge on any atom is -0.357 e. The molecule has 1 heterocycles. The molecule has 9 atom stereocenters. The van der Waals surface area contributed by atoms with Gasteiger partial charge in [-0.25, -0.2) is 0 Å². The van der Waals surface area contributed by atoms with Crippen LogP contribution >= 0.6 is 0 Å². The number of epoxide rings is 1. The Labute approximate surface area is 178 Å². The van der Waals surface area contributed by atoms with Crippen molar-refractivity contribution in [3.8, 4) is 0 Å². The van der Waals surface area contributed by atoms with Gasteiger partial charge in [0.25, 0.3) is 0 Å². The highest BCUT2D eigenvalue weighted by Gasteiger charge is 2.76. The Morgan fingerprint density at radius 1 is 0.966 bits per heavy atom. The fourth-order valence-electron chi connectivity index (χ4n) is 9.52. The molecule has 0 radical (unpaired) electrons. The lowest BCUT2D eigenvalue weighted by atomic mass is 9.44. The first-order valence-electron chi connectivity index (χ1n) is 12.9. The third-order valence-electron chi connectivity index (χ3n) is 11.2. The van der Waals surface area contributed by atoms with E-state index in [-0.39, 0.29) is 17.1 Å². The van der Waals surface area contributed by atoms with E-state index < -0.39 is 0 Å². The smallest absolute Gasteiger partial charge is 0.164 e. The molecule has 0 N–H and O–H groups in total.